The number of benzene rings is 2. The molecule has 1 amide bonds. The highest BCUT2D eigenvalue weighted by atomic mass is 19.1. The summed E-state index contributed by atoms with van der Waals surface area (Å²) in [5, 5.41) is 0. The molecule has 4 heteroatoms. The van der Waals surface area contributed by atoms with Crippen LogP contribution < -0.4 is 0 Å². The number of halogens is 1. The second-order valence-electron chi connectivity index (χ2n) is 8.18. The summed E-state index contributed by atoms with van der Waals surface area (Å²) < 4.78 is 13.6. The summed E-state index contributed by atoms with van der Waals surface area (Å²) in [6, 6.07) is 17.5. The van der Waals surface area contributed by atoms with E-state index in [9.17, 15) is 9.18 Å². The lowest BCUT2D eigenvalue weighted by Crippen LogP contribution is -2.47. The average molecular weight is 381 g/mol. The summed E-state index contributed by atoms with van der Waals surface area (Å²) in [6.45, 7) is 3.64. The Balaban J connectivity index is 1.34. The van der Waals surface area contributed by atoms with Crippen LogP contribution in [0.25, 0.3) is 0 Å². The predicted octanol–water partition coefficient (Wildman–Crippen LogP) is 4.27. The summed E-state index contributed by atoms with van der Waals surface area (Å²) in [5.74, 6) is 0.240. The van der Waals surface area contributed by atoms with Gasteiger partial charge in [0.1, 0.15) is 5.82 Å². The molecule has 4 rings (SSSR count). The number of piperidine rings is 1. The van der Waals surface area contributed by atoms with Crippen LogP contribution in [-0.2, 0) is 17.8 Å². The molecule has 0 atom stereocenters. The molecule has 0 N–H and O–H groups in total. The summed E-state index contributed by atoms with van der Waals surface area (Å²) in [7, 11) is 0. The first kappa shape index (κ1) is 19.1. The third kappa shape index (κ3) is 4.99. The van der Waals surface area contributed by atoms with Crippen molar-refractivity contribution in [2.75, 3.05) is 19.6 Å². The van der Waals surface area contributed by atoms with Gasteiger partial charge in [0, 0.05) is 38.1 Å². The maximum absolute atomic E-state index is 13.6. The number of nitrogens with zero attached hydrogens (tertiary/aromatic N) is 2. The van der Waals surface area contributed by atoms with Crippen molar-refractivity contribution in [2.24, 2.45) is 5.92 Å². The maximum Gasteiger partial charge on any atom is 0.226 e. The Hall–Kier alpha value is -2.20. The van der Waals surface area contributed by atoms with E-state index in [-0.39, 0.29) is 23.7 Å². The van der Waals surface area contributed by atoms with Crippen molar-refractivity contribution in [1.29, 1.82) is 0 Å². The van der Waals surface area contributed by atoms with Crippen LogP contribution in [0.2, 0.25) is 0 Å². The van der Waals surface area contributed by atoms with E-state index in [1.807, 2.05) is 11.0 Å². The summed E-state index contributed by atoms with van der Waals surface area (Å²) in [4.78, 5) is 17.5. The van der Waals surface area contributed by atoms with E-state index in [0.29, 0.717) is 6.54 Å². The highest BCUT2D eigenvalue weighted by molar-refractivity contribution is 5.81. The van der Waals surface area contributed by atoms with Gasteiger partial charge in [-0.05, 0) is 55.4 Å². The molecule has 1 saturated carbocycles. The van der Waals surface area contributed by atoms with Crippen molar-refractivity contribution in [2.45, 2.75) is 44.7 Å². The van der Waals surface area contributed by atoms with E-state index in [2.05, 4.69) is 35.2 Å². The van der Waals surface area contributed by atoms with Gasteiger partial charge < -0.3 is 9.80 Å². The zero-order valence-corrected chi connectivity index (χ0v) is 16.4. The van der Waals surface area contributed by atoms with Crippen molar-refractivity contribution in [3.8, 4) is 0 Å². The van der Waals surface area contributed by atoms with E-state index in [1.54, 1.807) is 12.1 Å². The Morgan fingerprint density at radius 3 is 2.36 bits per heavy atom. The smallest absolute Gasteiger partial charge is 0.226 e. The molecule has 28 heavy (non-hydrogen) atoms. The summed E-state index contributed by atoms with van der Waals surface area (Å²) in [5.41, 5.74) is 2.27. The van der Waals surface area contributed by atoms with Crippen molar-refractivity contribution in [3.05, 3.63) is 71.5 Å². The zero-order chi connectivity index (χ0) is 19.3. The Labute approximate surface area is 167 Å². The lowest BCUT2D eigenvalue weighted by Gasteiger charge is -2.39. The number of hydrogen-bond donors (Lipinski definition) is 0. The molecule has 2 fully saturated rings. The Morgan fingerprint density at radius 2 is 1.68 bits per heavy atom. The molecule has 1 saturated heterocycles. The fourth-order valence-corrected chi connectivity index (χ4v) is 4.17. The molecule has 2 aromatic rings. The minimum atomic E-state index is -0.230. The summed E-state index contributed by atoms with van der Waals surface area (Å²) in [6.07, 6.45) is 5.09. The van der Waals surface area contributed by atoms with Crippen LogP contribution in [0.1, 0.15) is 36.8 Å². The van der Waals surface area contributed by atoms with E-state index in [4.69, 9.17) is 0 Å². The highest BCUT2D eigenvalue weighted by Crippen LogP contribution is 2.33. The van der Waals surface area contributed by atoms with E-state index in [0.717, 1.165) is 57.3 Å². The fraction of sp³-hybridized carbons (Fsp3) is 0.458. The molecule has 1 aliphatic heterocycles. The van der Waals surface area contributed by atoms with Crippen LogP contribution in [0.5, 0.6) is 0 Å². The van der Waals surface area contributed by atoms with Gasteiger partial charge in [-0.25, -0.2) is 4.39 Å². The molecule has 3 nitrogen and oxygen atoms in total. The monoisotopic (exact) mass is 380 g/mol. The molecule has 0 spiro atoms. The lowest BCUT2D eigenvalue weighted by molar-refractivity contribution is -0.136. The third-order valence-electron chi connectivity index (χ3n) is 6.01. The van der Waals surface area contributed by atoms with Gasteiger partial charge in [0.2, 0.25) is 5.91 Å². The predicted molar refractivity (Wildman–Crippen MR) is 109 cm³/mol. The Morgan fingerprint density at radius 1 is 0.964 bits per heavy atom. The van der Waals surface area contributed by atoms with Crippen LogP contribution in [0.3, 0.4) is 0 Å². The van der Waals surface area contributed by atoms with Gasteiger partial charge >= 0.3 is 0 Å². The summed E-state index contributed by atoms with van der Waals surface area (Å²) >= 11 is 0. The Kier molecular flexibility index (Phi) is 6.06. The molecular weight excluding hydrogens is 351 g/mol. The van der Waals surface area contributed by atoms with Gasteiger partial charge in [0.05, 0.1) is 0 Å². The number of hydrogen-bond acceptors (Lipinski definition) is 2. The van der Waals surface area contributed by atoms with E-state index in [1.165, 1.54) is 11.6 Å². The topological polar surface area (TPSA) is 23.6 Å². The fourth-order valence-electron chi connectivity index (χ4n) is 4.17. The number of carbonyl (C=O) groups is 1. The number of rotatable bonds is 7. The molecule has 0 bridgehead atoms. The minimum absolute atomic E-state index is 0.199. The highest BCUT2D eigenvalue weighted by Gasteiger charge is 2.37. The zero-order valence-electron chi connectivity index (χ0n) is 16.4. The van der Waals surface area contributed by atoms with Crippen LogP contribution in [0.4, 0.5) is 4.39 Å². The second-order valence-corrected chi connectivity index (χ2v) is 8.18. The lowest BCUT2D eigenvalue weighted by atomic mass is 10.0. The molecule has 1 aliphatic carbocycles. The van der Waals surface area contributed by atoms with Crippen molar-refractivity contribution in [1.82, 2.24) is 9.80 Å². The van der Waals surface area contributed by atoms with Crippen LogP contribution >= 0.6 is 0 Å². The number of amides is 1. The van der Waals surface area contributed by atoms with E-state index >= 15 is 0 Å². The molecule has 0 aromatic heterocycles. The first-order valence-electron chi connectivity index (χ1n) is 10.5. The van der Waals surface area contributed by atoms with Gasteiger partial charge in [0.15, 0.2) is 0 Å². The quantitative estimate of drug-likeness (QED) is 0.716. The standard InChI is InChI=1S/C24H29FN2O/c25-22-8-4-7-20(17-22)18-27(24(28)21-9-10-21)23-12-15-26(16-13-23)14-11-19-5-2-1-3-6-19/h1-8,17,21,23H,9-16,18H2. The maximum atomic E-state index is 13.6. The third-order valence-corrected chi connectivity index (χ3v) is 6.01. The molecule has 2 aliphatic rings. The van der Waals surface area contributed by atoms with Crippen LogP contribution in [-0.4, -0.2) is 41.4 Å². The van der Waals surface area contributed by atoms with Crippen molar-refractivity contribution < 1.29 is 9.18 Å². The normalized spacial score (nSPS) is 18.2. The number of likely N-dealkylation sites (tertiary alicyclic amines) is 1. The SMILES string of the molecule is O=C(C1CC1)N(Cc1cccc(F)c1)C1CCN(CCc2ccccc2)CC1. The van der Waals surface area contributed by atoms with Gasteiger partial charge in [0.25, 0.3) is 0 Å². The number of carbonyl (C=O) groups excluding carboxylic acids is 1. The average Bonchev–Trinajstić information content (AvgIpc) is 3.57. The molecule has 2 aromatic carbocycles. The van der Waals surface area contributed by atoms with Crippen LogP contribution in [0.15, 0.2) is 54.6 Å². The second kappa shape index (κ2) is 8.87. The van der Waals surface area contributed by atoms with Crippen LogP contribution in [0, 0.1) is 11.7 Å². The molecule has 0 radical (unpaired) electrons. The van der Waals surface area contributed by atoms with Gasteiger partial charge in [-0.3, -0.25) is 4.79 Å². The molecule has 148 valence electrons. The van der Waals surface area contributed by atoms with E-state index < -0.39 is 0 Å². The minimum Gasteiger partial charge on any atom is -0.335 e. The van der Waals surface area contributed by atoms with Crippen molar-refractivity contribution in [3.63, 3.8) is 0 Å². The van der Waals surface area contributed by atoms with Gasteiger partial charge in [-0.2, -0.15) is 0 Å². The molecular formula is C24H29FN2O. The van der Waals surface area contributed by atoms with Gasteiger partial charge in [-0.1, -0.05) is 42.5 Å². The molecule has 1 heterocycles. The molecule has 0 unspecified atom stereocenters. The van der Waals surface area contributed by atoms with Crippen molar-refractivity contribution >= 4 is 5.91 Å². The largest absolute Gasteiger partial charge is 0.335 e. The van der Waals surface area contributed by atoms with Gasteiger partial charge in [-0.15, -0.1) is 0 Å². The first-order valence-corrected chi connectivity index (χ1v) is 10.5. The Bertz CT molecular complexity index is 782. The first-order chi connectivity index (χ1) is 13.7.